The van der Waals surface area contributed by atoms with Crippen LogP contribution in [-0.4, -0.2) is 6.54 Å². The van der Waals surface area contributed by atoms with Gasteiger partial charge >= 0.3 is 0 Å². The molecule has 2 aromatic rings. The minimum Gasteiger partial charge on any atom is -0.309 e. The first kappa shape index (κ1) is 14.6. The second kappa shape index (κ2) is 6.56. The highest BCUT2D eigenvalue weighted by Gasteiger charge is 2.17. The summed E-state index contributed by atoms with van der Waals surface area (Å²) in [4.78, 5) is 1.25. The first-order valence-electron chi connectivity index (χ1n) is 6.64. The summed E-state index contributed by atoms with van der Waals surface area (Å²) < 4.78 is 0. The standard InChI is InChI=1S/C16H20ClNS/c1-4-18-14(16-15(17)12(3)10-19-16)9-13-7-5-11(2)6-8-13/h5-8,10,14,18H,4,9H2,1-3H3. The molecule has 0 aliphatic rings. The molecular weight excluding hydrogens is 274 g/mol. The average Bonchev–Trinajstić information content (AvgIpc) is 2.72. The lowest BCUT2D eigenvalue weighted by atomic mass is 10.0. The lowest BCUT2D eigenvalue weighted by Gasteiger charge is -2.17. The molecule has 1 aromatic carbocycles. The van der Waals surface area contributed by atoms with Crippen LogP contribution >= 0.6 is 22.9 Å². The molecule has 1 atom stereocenters. The van der Waals surface area contributed by atoms with Gasteiger partial charge in [-0.3, -0.25) is 0 Å². The Morgan fingerprint density at radius 3 is 2.42 bits per heavy atom. The summed E-state index contributed by atoms with van der Waals surface area (Å²) in [5.41, 5.74) is 3.82. The zero-order valence-electron chi connectivity index (χ0n) is 11.7. The van der Waals surface area contributed by atoms with E-state index in [4.69, 9.17) is 11.6 Å². The number of aryl methyl sites for hydroxylation is 2. The molecule has 2 rings (SSSR count). The Morgan fingerprint density at radius 2 is 1.89 bits per heavy atom. The van der Waals surface area contributed by atoms with Crippen LogP contribution in [0, 0.1) is 13.8 Å². The molecule has 1 heterocycles. The minimum atomic E-state index is 0.305. The van der Waals surface area contributed by atoms with E-state index in [1.54, 1.807) is 11.3 Å². The summed E-state index contributed by atoms with van der Waals surface area (Å²) in [6.45, 7) is 7.27. The Balaban J connectivity index is 2.21. The number of rotatable bonds is 5. The molecule has 0 spiro atoms. The SMILES string of the molecule is CCNC(Cc1ccc(C)cc1)c1scc(C)c1Cl. The monoisotopic (exact) mass is 293 g/mol. The molecule has 0 amide bonds. The van der Waals surface area contributed by atoms with Crippen molar-refractivity contribution in [3.8, 4) is 0 Å². The van der Waals surface area contributed by atoms with Gasteiger partial charge in [0.25, 0.3) is 0 Å². The molecule has 0 aliphatic heterocycles. The summed E-state index contributed by atoms with van der Waals surface area (Å²) in [5, 5.41) is 6.60. The third-order valence-corrected chi connectivity index (χ3v) is 5.08. The Kier molecular flexibility index (Phi) is 5.03. The van der Waals surface area contributed by atoms with Crippen LogP contribution in [0.15, 0.2) is 29.6 Å². The lowest BCUT2D eigenvalue weighted by Crippen LogP contribution is -2.22. The zero-order chi connectivity index (χ0) is 13.8. The summed E-state index contributed by atoms with van der Waals surface area (Å²) >= 11 is 8.15. The van der Waals surface area contributed by atoms with Crippen molar-refractivity contribution in [2.75, 3.05) is 6.54 Å². The molecule has 1 unspecified atom stereocenters. The molecular formula is C16H20ClNS. The van der Waals surface area contributed by atoms with Crippen molar-refractivity contribution in [3.05, 3.63) is 56.2 Å². The normalized spacial score (nSPS) is 12.6. The molecule has 3 heteroatoms. The molecule has 1 nitrogen and oxygen atoms in total. The fraction of sp³-hybridized carbons (Fsp3) is 0.375. The maximum Gasteiger partial charge on any atom is 0.0590 e. The fourth-order valence-electron chi connectivity index (χ4n) is 2.15. The van der Waals surface area contributed by atoms with Crippen LogP contribution in [0.25, 0.3) is 0 Å². The van der Waals surface area contributed by atoms with Gasteiger partial charge in [-0.05, 0) is 43.3 Å². The third kappa shape index (κ3) is 3.59. The van der Waals surface area contributed by atoms with Crippen LogP contribution in [0.4, 0.5) is 0 Å². The highest BCUT2D eigenvalue weighted by molar-refractivity contribution is 7.10. The van der Waals surface area contributed by atoms with Gasteiger partial charge in [-0.1, -0.05) is 48.4 Å². The van der Waals surface area contributed by atoms with Crippen LogP contribution in [0.5, 0.6) is 0 Å². The Bertz CT molecular complexity index is 530. The highest BCUT2D eigenvalue weighted by Crippen LogP contribution is 2.34. The molecule has 0 aliphatic carbocycles. The molecule has 0 radical (unpaired) electrons. The van der Waals surface area contributed by atoms with Gasteiger partial charge < -0.3 is 5.32 Å². The highest BCUT2D eigenvalue weighted by atomic mass is 35.5. The van der Waals surface area contributed by atoms with Gasteiger partial charge in [0.1, 0.15) is 0 Å². The van der Waals surface area contributed by atoms with Crippen molar-refractivity contribution in [2.45, 2.75) is 33.2 Å². The number of benzene rings is 1. The van der Waals surface area contributed by atoms with Crippen molar-refractivity contribution in [2.24, 2.45) is 0 Å². The molecule has 0 bridgehead atoms. The molecule has 0 fully saturated rings. The predicted octanol–water partition coefficient (Wildman–Crippen LogP) is 4.91. The van der Waals surface area contributed by atoms with Gasteiger partial charge in [-0.25, -0.2) is 0 Å². The van der Waals surface area contributed by atoms with Crippen molar-refractivity contribution in [1.82, 2.24) is 5.32 Å². The van der Waals surface area contributed by atoms with Gasteiger partial charge in [0, 0.05) is 10.9 Å². The zero-order valence-corrected chi connectivity index (χ0v) is 13.2. The van der Waals surface area contributed by atoms with Crippen molar-refractivity contribution in [3.63, 3.8) is 0 Å². The topological polar surface area (TPSA) is 12.0 Å². The summed E-state index contributed by atoms with van der Waals surface area (Å²) in [7, 11) is 0. The van der Waals surface area contributed by atoms with E-state index in [0.717, 1.165) is 18.0 Å². The van der Waals surface area contributed by atoms with E-state index in [-0.39, 0.29) is 0 Å². The Hall–Kier alpha value is -0.830. The van der Waals surface area contributed by atoms with E-state index >= 15 is 0 Å². The van der Waals surface area contributed by atoms with E-state index in [9.17, 15) is 0 Å². The largest absolute Gasteiger partial charge is 0.309 e. The first-order chi connectivity index (χ1) is 9.11. The molecule has 1 N–H and O–H groups in total. The maximum absolute atomic E-state index is 6.40. The fourth-order valence-corrected chi connectivity index (χ4v) is 3.55. The van der Waals surface area contributed by atoms with Gasteiger partial charge in [0.05, 0.1) is 5.02 Å². The number of nitrogens with one attached hydrogen (secondary N) is 1. The van der Waals surface area contributed by atoms with Crippen molar-refractivity contribution < 1.29 is 0 Å². The van der Waals surface area contributed by atoms with Crippen LogP contribution in [-0.2, 0) is 6.42 Å². The van der Waals surface area contributed by atoms with Crippen LogP contribution in [0.1, 0.15) is 34.5 Å². The first-order valence-corrected chi connectivity index (χ1v) is 7.90. The molecule has 0 saturated heterocycles. The van der Waals surface area contributed by atoms with E-state index in [2.05, 4.69) is 55.7 Å². The number of thiophene rings is 1. The summed E-state index contributed by atoms with van der Waals surface area (Å²) in [6.07, 6.45) is 0.980. The maximum atomic E-state index is 6.40. The third-order valence-electron chi connectivity index (χ3n) is 3.25. The lowest BCUT2D eigenvalue weighted by molar-refractivity contribution is 0.558. The Morgan fingerprint density at radius 1 is 1.21 bits per heavy atom. The quantitative estimate of drug-likeness (QED) is 0.826. The number of halogens is 1. The molecule has 0 saturated carbocycles. The predicted molar refractivity (Wildman–Crippen MR) is 85.4 cm³/mol. The average molecular weight is 294 g/mol. The van der Waals surface area contributed by atoms with Gasteiger partial charge in [0.15, 0.2) is 0 Å². The molecule has 102 valence electrons. The van der Waals surface area contributed by atoms with E-state index in [0.29, 0.717) is 6.04 Å². The number of hydrogen-bond donors (Lipinski definition) is 1. The van der Waals surface area contributed by atoms with Crippen LogP contribution < -0.4 is 5.32 Å². The van der Waals surface area contributed by atoms with Crippen LogP contribution in [0.2, 0.25) is 5.02 Å². The van der Waals surface area contributed by atoms with Crippen molar-refractivity contribution >= 4 is 22.9 Å². The summed E-state index contributed by atoms with van der Waals surface area (Å²) in [6, 6.07) is 9.04. The summed E-state index contributed by atoms with van der Waals surface area (Å²) in [5.74, 6) is 0. The van der Waals surface area contributed by atoms with Gasteiger partial charge in [-0.2, -0.15) is 0 Å². The number of hydrogen-bond acceptors (Lipinski definition) is 2. The Labute approximate surface area is 124 Å². The van der Waals surface area contributed by atoms with E-state index in [1.807, 2.05) is 0 Å². The minimum absolute atomic E-state index is 0.305. The second-order valence-electron chi connectivity index (χ2n) is 4.90. The molecule has 1 aromatic heterocycles. The van der Waals surface area contributed by atoms with Gasteiger partial charge in [-0.15, -0.1) is 11.3 Å². The number of likely N-dealkylation sites (N-methyl/N-ethyl adjacent to an activating group) is 1. The smallest absolute Gasteiger partial charge is 0.0590 e. The van der Waals surface area contributed by atoms with E-state index < -0.39 is 0 Å². The van der Waals surface area contributed by atoms with Crippen LogP contribution in [0.3, 0.4) is 0 Å². The second-order valence-corrected chi connectivity index (χ2v) is 6.19. The van der Waals surface area contributed by atoms with Gasteiger partial charge in [0.2, 0.25) is 0 Å². The van der Waals surface area contributed by atoms with Crippen molar-refractivity contribution in [1.29, 1.82) is 0 Å². The van der Waals surface area contributed by atoms with E-state index in [1.165, 1.54) is 21.6 Å². The molecule has 19 heavy (non-hydrogen) atoms.